The molecular formula is C15H11N3O2. The van der Waals surface area contributed by atoms with E-state index in [4.69, 9.17) is 0 Å². The van der Waals surface area contributed by atoms with E-state index in [2.05, 4.69) is 15.2 Å². The lowest BCUT2D eigenvalue weighted by Gasteiger charge is -2.06. The first kappa shape index (κ1) is 12.1. The van der Waals surface area contributed by atoms with E-state index in [1.54, 1.807) is 36.8 Å². The maximum atomic E-state index is 11.3. The van der Waals surface area contributed by atoms with Crippen molar-refractivity contribution in [3.05, 3.63) is 60.6 Å². The van der Waals surface area contributed by atoms with Gasteiger partial charge in [-0.2, -0.15) is 5.10 Å². The third-order valence-corrected chi connectivity index (χ3v) is 3.04. The first-order chi connectivity index (χ1) is 9.77. The Kier molecular flexibility index (Phi) is 3.01. The summed E-state index contributed by atoms with van der Waals surface area (Å²) in [6, 6.07) is 10.6. The van der Waals surface area contributed by atoms with Crippen LogP contribution in [-0.2, 0) is 0 Å². The Morgan fingerprint density at radius 3 is 2.65 bits per heavy atom. The number of benzene rings is 1. The van der Waals surface area contributed by atoms with Gasteiger partial charge in [0.2, 0.25) is 0 Å². The molecule has 0 spiro atoms. The van der Waals surface area contributed by atoms with E-state index < -0.39 is 5.97 Å². The van der Waals surface area contributed by atoms with Gasteiger partial charge in [-0.1, -0.05) is 18.2 Å². The van der Waals surface area contributed by atoms with Gasteiger partial charge in [0.05, 0.1) is 17.5 Å². The molecule has 1 aromatic carbocycles. The molecule has 98 valence electrons. The second kappa shape index (κ2) is 4.97. The molecule has 0 amide bonds. The number of aromatic nitrogens is 3. The molecule has 20 heavy (non-hydrogen) atoms. The van der Waals surface area contributed by atoms with Crippen molar-refractivity contribution in [2.45, 2.75) is 0 Å². The first-order valence-electron chi connectivity index (χ1n) is 6.04. The number of rotatable bonds is 3. The van der Waals surface area contributed by atoms with Crippen LogP contribution in [0.25, 0.3) is 22.4 Å². The van der Waals surface area contributed by atoms with Gasteiger partial charge in [-0.25, -0.2) is 4.79 Å². The summed E-state index contributed by atoms with van der Waals surface area (Å²) in [5.41, 5.74) is 3.25. The number of hydrogen-bond acceptors (Lipinski definition) is 3. The Morgan fingerprint density at radius 2 is 1.90 bits per heavy atom. The summed E-state index contributed by atoms with van der Waals surface area (Å²) in [7, 11) is 0. The summed E-state index contributed by atoms with van der Waals surface area (Å²) >= 11 is 0. The Morgan fingerprint density at radius 1 is 1.05 bits per heavy atom. The zero-order valence-electron chi connectivity index (χ0n) is 10.4. The Balaban J connectivity index is 2.18. The Hall–Kier alpha value is -2.95. The van der Waals surface area contributed by atoms with Gasteiger partial charge in [-0.05, 0) is 23.8 Å². The summed E-state index contributed by atoms with van der Waals surface area (Å²) < 4.78 is 0. The number of carboxylic acids is 1. The normalized spacial score (nSPS) is 10.4. The molecule has 5 nitrogen and oxygen atoms in total. The summed E-state index contributed by atoms with van der Waals surface area (Å²) in [5, 5.41) is 16.2. The third-order valence-electron chi connectivity index (χ3n) is 3.04. The number of carbonyl (C=O) groups is 1. The highest BCUT2D eigenvalue weighted by molar-refractivity contribution is 5.98. The van der Waals surface area contributed by atoms with Crippen LogP contribution in [0.15, 0.2) is 55.0 Å². The highest BCUT2D eigenvalue weighted by Gasteiger charge is 2.16. The predicted molar refractivity (Wildman–Crippen MR) is 74.2 cm³/mol. The van der Waals surface area contributed by atoms with Crippen molar-refractivity contribution in [3.63, 3.8) is 0 Å². The molecule has 5 heteroatoms. The van der Waals surface area contributed by atoms with Crippen LogP contribution in [0.5, 0.6) is 0 Å². The average molecular weight is 265 g/mol. The monoisotopic (exact) mass is 265 g/mol. The Bertz CT molecular complexity index is 751. The molecule has 0 atom stereocenters. The third kappa shape index (κ3) is 2.05. The summed E-state index contributed by atoms with van der Waals surface area (Å²) in [6.07, 6.45) is 5.02. The molecule has 2 heterocycles. The highest BCUT2D eigenvalue weighted by Crippen LogP contribution is 2.31. The number of aromatic amines is 1. The topological polar surface area (TPSA) is 78.9 Å². The van der Waals surface area contributed by atoms with Crippen molar-refractivity contribution in [2.24, 2.45) is 0 Å². The fourth-order valence-electron chi connectivity index (χ4n) is 2.13. The van der Waals surface area contributed by atoms with Crippen molar-refractivity contribution >= 4 is 5.97 Å². The number of H-pyrrole nitrogens is 1. The number of carboxylic acid groups (broad SMARTS) is 1. The zero-order chi connectivity index (χ0) is 13.9. The summed E-state index contributed by atoms with van der Waals surface area (Å²) in [6.45, 7) is 0. The van der Waals surface area contributed by atoms with Crippen molar-refractivity contribution in [1.29, 1.82) is 0 Å². The molecular weight excluding hydrogens is 254 g/mol. The van der Waals surface area contributed by atoms with Gasteiger partial charge in [0.1, 0.15) is 0 Å². The molecule has 0 saturated heterocycles. The lowest BCUT2D eigenvalue weighted by atomic mass is 9.98. The number of nitrogens with zero attached hydrogens (tertiary/aromatic N) is 2. The van der Waals surface area contributed by atoms with Crippen LogP contribution in [0, 0.1) is 0 Å². The van der Waals surface area contributed by atoms with Gasteiger partial charge in [0, 0.05) is 23.5 Å². The molecule has 0 aliphatic rings. The van der Waals surface area contributed by atoms with Crippen LogP contribution in [-0.4, -0.2) is 26.3 Å². The van der Waals surface area contributed by atoms with Gasteiger partial charge in [-0.15, -0.1) is 0 Å². The van der Waals surface area contributed by atoms with Crippen molar-refractivity contribution in [3.8, 4) is 22.4 Å². The number of nitrogens with one attached hydrogen (secondary N) is 1. The molecule has 3 aromatic rings. The molecule has 0 fully saturated rings. The van der Waals surface area contributed by atoms with Crippen LogP contribution >= 0.6 is 0 Å². The molecule has 0 aliphatic heterocycles. The highest BCUT2D eigenvalue weighted by atomic mass is 16.4. The first-order valence-corrected chi connectivity index (χ1v) is 6.04. The molecule has 2 aromatic heterocycles. The van der Waals surface area contributed by atoms with E-state index in [-0.39, 0.29) is 5.56 Å². The molecule has 0 bridgehead atoms. The standard InChI is InChI=1S/C15H11N3O2/c19-15(20)12-6-2-1-5-11(12)13-9-17-18-14(13)10-4-3-7-16-8-10/h1-9H,(H,17,18)(H,19,20). The van der Waals surface area contributed by atoms with Crippen molar-refractivity contribution in [2.75, 3.05) is 0 Å². The van der Waals surface area contributed by atoms with E-state index in [0.29, 0.717) is 5.56 Å². The van der Waals surface area contributed by atoms with Gasteiger partial charge in [-0.3, -0.25) is 10.1 Å². The van der Waals surface area contributed by atoms with Crippen LogP contribution in [0.3, 0.4) is 0 Å². The summed E-state index contributed by atoms with van der Waals surface area (Å²) in [5.74, 6) is -0.959. The van der Waals surface area contributed by atoms with Gasteiger partial charge in [0.25, 0.3) is 0 Å². The number of aromatic carboxylic acids is 1. The molecule has 0 saturated carbocycles. The van der Waals surface area contributed by atoms with Gasteiger partial charge < -0.3 is 5.11 Å². The van der Waals surface area contributed by atoms with E-state index in [1.807, 2.05) is 18.2 Å². The van der Waals surface area contributed by atoms with Crippen LogP contribution < -0.4 is 0 Å². The number of pyridine rings is 1. The molecule has 0 unspecified atom stereocenters. The maximum Gasteiger partial charge on any atom is 0.336 e. The van der Waals surface area contributed by atoms with E-state index in [9.17, 15) is 9.90 Å². The summed E-state index contributed by atoms with van der Waals surface area (Å²) in [4.78, 5) is 15.4. The van der Waals surface area contributed by atoms with Crippen molar-refractivity contribution < 1.29 is 9.90 Å². The minimum atomic E-state index is -0.959. The fraction of sp³-hybridized carbons (Fsp3) is 0. The lowest BCUT2D eigenvalue weighted by molar-refractivity contribution is 0.0698. The number of hydrogen-bond donors (Lipinski definition) is 2. The predicted octanol–water partition coefficient (Wildman–Crippen LogP) is 2.84. The smallest absolute Gasteiger partial charge is 0.336 e. The quantitative estimate of drug-likeness (QED) is 0.763. The Labute approximate surface area is 114 Å². The maximum absolute atomic E-state index is 11.3. The average Bonchev–Trinajstić information content (AvgIpc) is 2.97. The van der Waals surface area contributed by atoms with E-state index >= 15 is 0 Å². The minimum Gasteiger partial charge on any atom is -0.478 e. The van der Waals surface area contributed by atoms with Crippen LogP contribution in [0.1, 0.15) is 10.4 Å². The molecule has 0 radical (unpaired) electrons. The van der Waals surface area contributed by atoms with Crippen LogP contribution in [0.2, 0.25) is 0 Å². The molecule has 3 rings (SSSR count). The van der Waals surface area contributed by atoms with Gasteiger partial charge in [0.15, 0.2) is 0 Å². The molecule has 0 aliphatic carbocycles. The fourth-order valence-corrected chi connectivity index (χ4v) is 2.13. The largest absolute Gasteiger partial charge is 0.478 e. The second-order valence-electron chi connectivity index (χ2n) is 4.25. The molecule has 2 N–H and O–H groups in total. The second-order valence-corrected chi connectivity index (χ2v) is 4.25. The lowest BCUT2D eigenvalue weighted by Crippen LogP contribution is -1.99. The minimum absolute atomic E-state index is 0.249. The van der Waals surface area contributed by atoms with Gasteiger partial charge >= 0.3 is 5.97 Å². The zero-order valence-corrected chi connectivity index (χ0v) is 10.4. The van der Waals surface area contributed by atoms with E-state index in [1.165, 1.54) is 0 Å². The van der Waals surface area contributed by atoms with Crippen molar-refractivity contribution in [1.82, 2.24) is 15.2 Å². The van der Waals surface area contributed by atoms with E-state index in [0.717, 1.165) is 16.8 Å². The SMILES string of the molecule is O=C(O)c1ccccc1-c1cn[nH]c1-c1cccnc1. The van der Waals surface area contributed by atoms with Crippen LogP contribution in [0.4, 0.5) is 0 Å².